The average molecular weight is 713 g/mol. The van der Waals surface area contributed by atoms with Crippen molar-refractivity contribution < 1.29 is 52.4 Å². The van der Waals surface area contributed by atoms with Crippen LogP contribution in [-0.2, 0) is 5.41 Å². The summed E-state index contributed by atoms with van der Waals surface area (Å²) in [5, 5.41) is -7.14. The van der Waals surface area contributed by atoms with Gasteiger partial charge in [0.1, 0.15) is 11.2 Å². The zero-order valence-electron chi connectivity index (χ0n) is 61.4. The van der Waals surface area contributed by atoms with Gasteiger partial charge in [0.25, 0.3) is 0 Å². The minimum Gasteiger partial charge on any atom is -0.455 e. The monoisotopic (exact) mass is 712 g/mol. The Labute approximate surface area is 357 Å². The number of anilines is 3. The first kappa shape index (κ1) is 11.4. The van der Waals surface area contributed by atoms with E-state index in [0.29, 0.717) is 4.90 Å². The Bertz CT molecular complexity index is 4960. The van der Waals surface area contributed by atoms with E-state index in [-0.39, 0.29) is 0 Å². The maximum Gasteiger partial charge on any atom is 0.143 e. The predicted molar refractivity (Wildman–Crippen MR) is 224 cm³/mol. The van der Waals surface area contributed by atoms with Gasteiger partial charge in [-0.25, -0.2) is 0 Å². The van der Waals surface area contributed by atoms with Crippen molar-refractivity contribution in [3.63, 3.8) is 0 Å². The smallest absolute Gasteiger partial charge is 0.143 e. The van der Waals surface area contributed by atoms with Gasteiger partial charge in [0.15, 0.2) is 0 Å². The molecule has 0 unspecified atom stereocenters. The summed E-state index contributed by atoms with van der Waals surface area (Å²) in [5.74, 6) is 0. The number of benzene rings is 9. The van der Waals surface area contributed by atoms with Gasteiger partial charge in [-0.1, -0.05) is 153 Å². The lowest BCUT2D eigenvalue weighted by atomic mass is 9.82. The lowest BCUT2D eigenvalue weighted by Crippen LogP contribution is -2.17. The first-order valence-corrected chi connectivity index (χ1v) is 15.6. The number of furan rings is 1. The van der Waals surface area contributed by atoms with Crippen LogP contribution in [0.25, 0.3) is 76.5 Å². The highest BCUT2D eigenvalue weighted by atomic mass is 16.3. The van der Waals surface area contributed by atoms with Crippen LogP contribution in [0.2, 0.25) is 0 Å². The molecule has 0 N–H and O–H groups in total. The van der Waals surface area contributed by atoms with E-state index in [1.807, 2.05) is 0 Å². The van der Waals surface area contributed by atoms with Gasteiger partial charge >= 0.3 is 0 Å². The van der Waals surface area contributed by atoms with Gasteiger partial charge in [0.05, 0.1) is 51.1 Å². The summed E-state index contributed by atoms with van der Waals surface area (Å²) in [4.78, 5) is 0.314. The third-order valence-electron chi connectivity index (χ3n) is 8.87. The van der Waals surface area contributed by atoms with Crippen molar-refractivity contribution in [1.82, 2.24) is 0 Å². The van der Waals surface area contributed by atoms with E-state index in [1.165, 1.54) is 0 Å². The minimum atomic E-state index is -4.09. The molecule has 1 aromatic heterocycles. The summed E-state index contributed by atoms with van der Waals surface area (Å²) in [6.07, 6.45) is 0. The molecule has 0 aliphatic heterocycles. The average Bonchev–Trinajstić information content (AvgIpc) is 1.61. The molecule has 1 aliphatic rings. The van der Waals surface area contributed by atoms with Gasteiger partial charge in [-0.05, 0) is 85.8 Å². The van der Waals surface area contributed by atoms with Crippen LogP contribution in [0.4, 0.5) is 17.1 Å². The number of rotatable bonds is 4. The zero-order chi connectivity index (χ0) is 65.5. The fourth-order valence-electron chi connectivity index (χ4n) is 6.55. The van der Waals surface area contributed by atoms with E-state index in [4.69, 9.17) is 34.6 Å². The number of hydrogen-bond donors (Lipinski definition) is 0. The Hall–Kier alpha value is -6.64. The molecule has 53 heavy (non-hydrogen) atoms. The normalized spacial score (nSPS) is 23.1. The molecule has 2 heteroatoms. The quantitative estimate of drug-likeness (QED) is 0.169. The molecule has 0 amide bonds. The topological polar surface area (TPSA) is 16.4 Å². The molecular weight excluding hydrogens is 643 g/mol. The zero-order valence-corrected chi connectivity index (χ0v) is 26.4. The molecule has 9 aromatic carbocycles. The van der Waals surface area contributed by atoms with Crippen molar-refractivity contribution in [2.75, 3.05) is 4.90 Å². The molecule has 10 aromatic rings. The third-order valence-corrected chi connectivity index (χ3v) is 8.87. The van der Waals surface area contributed by atoms with Gasteiger partial charge in [-0.15, -0.1) is 0 Å². The van der Waals surface area contributed by atoms with Crippen molar-refractivity contribution in [1.29, 1.82) is 0 Å². The van der Waals surface area contributed by atoms with E-state index < -0.39 is 299 Å². The SMILES string of the molecule is [2H]c1c([2H])c([2H])c(-c2c([2H])c([2H])c3c(oc4c5c([2H])c([2H])c([2H])c([2H])c5c(N(c5c([2H])c([2H])c6c(c5[2H])C(C([2H])([2H])[2H])(C([2H])([2H])[2H])c5c([2H])c([2H])c([2H])c([2H])c5-6)c5c([2H])c6c([2H])c([2H])c([2H])c([2H])c6c6c([2H])c([2H])c([2H])c([2H])c56)c([2H])c43)c2[2H])c([2H])c1[2H]. The molecule has 0 fully saturated rings. The fraction of sp³-hybridized carbons (Fsp3) is 0.0588. The molecular formula is C51H35NO. The van der Waals surface area contributed by atoms with Crippen molar-refractivity contribution in [3.8, 4) is 22.3 Å². The second-order valence-corrected chi connectivity index (χ2v) is 11.8. The number of nitrogens with zero attached hydrogens (tertiary/aromatic N) is 1. The molecule has 0 saturated heterocycles. The summed E-state index contributed by atoms with van der Waals surface area (Å²) in [5.41, 5.74) is -15.6. The van der Waals surface area contributed by atoms with Crippen LogP contribution in [0.15, 0.2) is 180 Å². The first-order valence-electron chi connectivity index (χ1n) is 33.1. The van der Waals surface area contributed by atoms with Crippen LogP contribution < -0.4 is 4.90 Å². The summed E-state index contributed by atoms with van der Waals surface area (Å²) in [6, 6.07) is -32.9. The van der Waals surface area contributed by atoms with Gasteiger partial charge < -0.3 is 9.32 Å². The Morgan fingerprint density at radius 1 is 0.472 bits per heavy atom. The molecule has 0 radical (unpaired) electrons. The van der Waals surface area contributed by atoms with E-state index in [2.05, 4.69) is 0 Å². The Morgan fingerprint density at radius 3 is 1.96 bits per heavy atom. The minimum absolute atomic E-state index is 0.314. The second-order valence-electron chi connectivity index (χ2n) is 11.8. The number of fused-ring (bicyclic) bond motifs is 11. The molecule has 1 heterocycles. The van der Waals surface area contributed by atoms with E-state index >= 15 is 0 Å². The Kier molecular flexibility index (Phi) is 2.41. The first-order chi connectivity index (χ1) is 40.6. The van der Waals surface area contributed by atoms with Gasteiger partial charge in [-0.2, -0.15) is 0 Å². The fourth-order valence-corrected chi connectivity index (χ4v) is 6.55. The van der Waals surface area contributed by atoms with Crippen LogP contribution >= 0.6 is 0 Å². The summed E-state index contributed by atoms with van der Waals surface area (Å²) >= 11 is 0. The lowest BCUT2D eigenvalue weighted by molar-refractivity contribution is 0.660. The molecule has 0 atom stereocenters. The van der Waals surface area contributed by atoms with Crippen LogP contribution in [0.1, 0.15) is 72.8 Å². The summed E-state index contributed by atoms with van der Waals surface area (Å²) in [6.45, 7) is -8.19. The molecule has 2 nitrogen and oxygen atoms in total. The van der Waals surface area contributed by atoms with Crippen molar-refractivity contribution in [2.24, 2.45) is 0 Å². The molecule has 250 valence electrons. The van der Waals surface area contributed by atoms with Gasteiger partial charge in [0, 0.05) is 46.3 Å². The van der Waals surface area contributed by atoms with E-state index in [0.717, 1.165) is 0 Å². The number of hydrogen-bond acceptors (Lipinski definition) is 2. The Morgan fingerprint density at radius 2 is 1.13 bits per heavy atom. The van der Waals surface area contributed by atoms with E-state index in [9.17, 15) is 17.8 Å². The van der Waals surface area contributed by atoms with Crippen LogP contribution in [0, 0.1) is 0 Å². The maximum atomic E-state index is 10.5. The molecule has 0 bridgehead atoms. The maximum absolute atomic E-state index is 10.5. The standard InChI is InChI=1S/C51H35NO/c1-51(2)45-23-13-12-19-38(45)39-27-25-35(30-46(39)51)52(47-28-34-16-6-7-17-36(34)37-18-8-9-20-40(37)47)48-31-44-42-26-24-33(32-14-4-3-5-15-32)29-49(42)53-50(44)43-22-11-10-21-41(43)48/h3-31H,1-2H3/i1D3,2D3,3D,4D,5D,6D,7D,8D,9D,10D,11D,12D,13D,14D,15D,16D,17D,18D,19D,20D,21D,22D,23D,24D,25D,26D,27D,28D,29D,30D,31D. The lowest BCUT2D eigenvalue weighted by Gasteiger charge is -2.30. The largest absolute Gasteiger partial charge is 0.455 e. The van der Waals surface area contributed by atoms with Crippen LogP contribution in [-0.4, -0.2) is 0 Å². The van der Waals surface area contributed by atoms with Crippen LogP contribution in [0.5, 0.6) is 0 Å². The molecule has 1 aliphatic carbocycles. The molecule has 0 saturated carbocycles. The highest BCUT2D eigenvalue weighted by Gasteiger charge is 2.36. The predicted octanol–water partition coefficient (Wildman–Crippen LogP) is 14.5. The molecule has 11 rings (SSSR count). The van der Waals surface area contributed by atoms with Crippen LogP contribution in [0.3, 0.4) is 0 Å². The summed E-state index contributed by atoms with van der Waals surface area (Å²) < 4.78 is 328. The van der Waals surface area contributed by atoms with Crippen molar-refractivity contribution in [2.45, 2.75) is 19.1 Å². The van der Waals surface area contributed by atoms with Gasteiger partial charge in [-0.3, -0.25) is 0 Å². The van der Waals surface area contributed by atoms with Crippen molar-refractivity contribution in [3.05, 3.63) is 186 Å². The molecule has 0 spiro atoms. The third kappa shape index (κ3) is 4.39. The highest BCUT2D eigenvalue weighted by Crippen LogP contribution is 2.52. The van der Waals surface area contributed by atoms with E-state index in [1.54, 1.807) is 0 Å². The summed E-state index contributed by atoms with van der Waals surface area (Å²) in [7, 11) is 0. The Balaban J connectivity index is 1.51. The van der Waals surface area contributed by atoms with Crippen molar-refractivity contribution >= 4 is 71.3 Å². The van der Waals surface area contributed by atoms with Gasteiger partial charge in [0.2, 0.25) is 0 Å². The second kappa shape index (κ2) is 11.2. The highest BCUT2D eigenvalue weighted by molar-refractivity contribution is 6.21.